The molecular weight excluding hydrogens is 1960 g/mol. The van der Waals surface area contributed by atoms with Gasteiger partial charge in [0.25, 0.3) is 11.8 Å². The van der Waals surface area contributed by atoms with Gasteiger partial charge < -0.3 is 73.0 Å². The molecule has 20 rings (SSSR count). The average Bonchev–Trinajstić information content (AvgIpc) is 1.53. The van der Waals surface area contributed by atoms with Gasteiger partial charge in [0.05, 0.1) is 64.8 Å². The standard InChI is InChI=1S/C21H21ClFN7.C20H16ClFN6O.C20H15ClFN5O2.C19H14ClF2N5.C19H15ClFN7O/c1-12(13-4-6-14(23)7-5-13)26-18-8-15(11-30(2)3)27-20(29-18)16-9-24-21-19(16)28-17(22)10-25-21;1-10(11-2-4-12(22)5-3-11)26-19-13(18(23)29)6-7-15(27-19)14-8-24-20-17(14)28-16(21)9-25-20;1-10(11-2-4-12(22)5-3-11)25-18-13(20(28)29)6-7-15(26-18)14-8-23-19-17(14)27-16(21)9-24-19;1-10(11-2-4-12(21)5-3-11)25-16-7-6-14(22)17(27-16)13-8-23-19-18(13)26-15(20)9-24-19;1-9(10-2-4-11(21)5-3-10)25-15-6-13(17(22)29)26-18(28-15)12-7-23-19-16(12)27-14(20)8-24-19/h4-10,12H,11H2,1-3H3,(H,24,25)(H,26,27,29);2-10H,1H3,(H2,23,29)(H,24,25)(H,26,27);2-10H,1H3,(H,23,24)(H,25,26)(H,28,29);2-10H,1H3,(H,23,24)(H,25,27);2-9H,1H3,(H2,22,29)(H,23,24)(H,25,26,28)/t12-;3*10-;9-/m00000/s1. The minimum absolute atomic E-state index is 0.0201. The van der Waals surface area contributed by atoms with Gasteiger partial charge >= 0.3 is 5.97 Å². The van der Waals surface area contributed by atoms with Gasteiger partial charge in [-0.25, -0.2) is 116 Å². The highest BCUT2D eigenvalue weighted by Gasteiger charge is 2.26. The number of aromatic amines is 5. The first kappa shape index (κ1) is 100. The summed E-state index contributed by atoms with van der Waals surface area (Å²) in [5.41, 5.74) is 26.0. The second kappa shape index (κ2) is 44.4. The first-order valence-electron chi connectivity index (χ1n) is 43.7. The number of aromatic carboxylic acids is 1. The number of carboxylic acid groups (broad SMARTS) is 1. The molecule has 5 aromatic carbocycles. The van der Waals surface area contributed by atoms with Crippen LogP contribution in [0.3, 0.4) is 0 Å². The van der Waals surface area contributed by atoms with Crippen molar-refractivity contribution in [1.82, 2.24) is 115 Å². The van der Waals surface area contributed by atoms with E-state index in [9.17, 15) is 45.8 Å². The van der Waals surface area contributed by atoms with Gasteiger partial charge in [-0.2, -0.15) is 0 Å². The lowest BCUT2D eigenvalue weighted by atomic mass is 10.1. The number of nitrogens with one attached hydrogen (secondary N) is 10. The fourth-order valence-electron chi connectivity index (χ4n) is 14.9. The van der Waals surface area contributed by atoms with Crippen LogP contribution in [0.25, 0.3) is 112 Å². The SMILES string of the molecule is C[C@H](Nc1cc(C(N)=O)nc(-c2c[nH]c3ncc(Cl)nc23)n1)c1ccc(F)cc1.C[C@H](Nc1cc(CN(C)C)nc(-c2c[nH]c3ncc(Cl)nc23)n1)c1ccc(F)cc1.C[C@H](Nc1ccc(F)c(-c2c[nH]c3ncc(Cl)nc23)n1)c1ccc(F)cc1.C[C@H](Nc1nc(-c2c[nH]c3ncc(Cl)nc23)ccc1C(=O)O)c1ccc(F)cc1.C[C@H](Nc1nc(-c2c[nH]c3ncc(Cl)nc23)ccc1C(N)=O)c1ccc(F)cc1. The van der Waals surface area contributed by atoms with Crippen LogP contribution >= 0.6 is 58.0 Å². The number of fused-ring (bicyclic) bond motifs is 5. The van der Waals surface area contributed by atoms with Crippen molar-refractivity contribution in [3.63, 3.8) is 0 Å². The van der Waals surface area contributed by atoms with Gasteiger partial charge in [-0.1, -0.05) is 119 Å². The lowest BCUT2D eigenvalue weighted by Crippen LogP contribution is -2.17. The summed E-state index contributed by atoms with van der Waals surface area (Å²) in [5, 5.41) is 26.8. The Hall–Kier alpha value is -16.8. The fourth-order valence-corrected chi connectivity index (χ4v) is 15.6. The third kappa shape index (κ3) is 24.3. The lowest BCUT2D eigenvalue weighted by Gasteiger charge is -2.17. The smallest absolute Gasteiger partial charge is 0.339 e. The molecule has 15 N–H and O–H groups in total. The van der Waals surface area contributed by atoms with Crippen LogP contribution in [0.2, 0.25) is 25.8 Å². The number of nitrogens with two attached hydrogens (primary N) is 2. The molecule has 0 aliphatic heterocycles. The minimum atomic E-state index is -1.11. The molecule has 0 aliphatic carbocycles. The van der Waals surface area contributed by atoms with Crippen LogP contribution in [0.1, 0.15) is 130 Å². The number of primary amides is 2. The van der Waals surface area contributed by atoms with E-state index in [0.717, 1.165) is 39.1 Å². The van der Waals surface area contributed by atoms with Crippen molar-refractivity contribution in [1.29, 1.82) is 0 Å². The van der Waals surface area contributed by atoms with Gasteiger partial charge in [0, 0.05) is 96.6 Å². The molecule has 34 nitrogen and oxygen atoms in total. The summed E-state index contributed by atoms with van der Waals surface area (Å²) in [6.07, 6.45) is 15.6. The van der Waals surface area contributed by atoms with Crippen molar-refractivity contribution in [3.05, 3.63) is 343 Å². The topological polar surface area (TPSA) is 485 Å². The van der Waals surface area contributed by atoms with Gasteiger partial charge in [-0.05, 0) is 174 Å². The first-order chi connectivity index (χ1) is 69.1. The maximum Gasteiger partial charge on any atom is 0.339 e. The van der Waals surface area contributed by atoms with E-state index in [-0.39, 0.29) is 114 Å². The summed E-state index contributed by atoms with van der Waals surface area (Å²) in [4.78, 5) is 126. The Bertz CT molecular complexity index is 7900. The molecule has 0 fully saturated rings. The zero-order chi connectivity index (χ0) is 102. The second-order valence-corrected chi connectivity index (χ2v) is 34.5. The number of hydrogen-bond donors (Lipinski definition) is 13. The van der Waals surface area contributed by atoms with E-state index in [0.29, 0.717) is 130 Å². The number of carboxylic acids is 1. The maximum absolute atomic E-state index is 14.4. The summed E-state index contributed by atoms with van der Waals surface area (Å²) >= 11 is 29.8. The molecule has 144 heavy (non-hydrogen) atoms. The number of rotatable bonds is 25. The van der Waals surface area contributed by atoms with Crippen LogP contribution in [-0.4, -0.2) is 152 Å². The molecule has 2 amide bonds. The number of halogens is 11. The average molecular weight is 2050 g/mol. The van der Waals surface area contributed by atoms with Crippen molar-refractivity contribution in [3.8, 4) is 56.5 Å². The molecule has 15 aromatic heterocycles. The largest absolute Gasteiger partial charge is 0.478 e. The Balaban J connectivity index is 0.000000129. The Morgan fingerprint density at radius 2 is 0.660 bits per heavy atom. The zero-order valence-electron chi connectivity index (χ0n) is 76.6. The maximum atomic E-state index is 14.4. The van der Waals surface area contributed by atoms with Gasteiger partial charge in [0.2, 0.25) is 0 Å². The number of anilines is 5. The molecule has 0 saturated heterocycles. The number of aromatic nitrogens is 22. The van der Waals surface area contributed by atoms with Crippen molar-refractivity contribution < 1.29 is 45.8 Å². The Morgan fingerprint density at radius 1 is 0.347 bits per heavy atom. The molecule has 0 aliphatic rings. The molecule has 20 aromatic rings. The zero-order valence-corrected chi connectivity index (χ0v) is 80.3. The number of carbonyl (C=O) groups is 3. The van der Waals surface area contributed by atoms with E-state index in [1.54, 1.807) is 116 Å². The van der Waals surface area contributed by atoms with Gasteiger partial charge in [0.15, 0.2) is 39.9 Å². The van der Waals surface area contributed by atoms with E-state index in [4.69, 9.17) is 79.4 Å². The van der Waals surface area contributed by atoms with Gasteiger partial charge in [0.1, 0.15) is 134 Å². The number of hydrogen-bond acceptors (Lipinski definition) is 26. The van der Waals surface area contributed by atoms with Crippen LogP contribution in [0.15, 0.2) is 232 Å². The highest BCUT2D eigenvalue weighted by atomic mass is 35.5. The summed E-state index contributed by atoms with van der Waals surface area (Å²) in [6, 6.07) is 42.4. The highest BCUT2D eigenvalue weighted by molar-refractivity contribution is 6.31. The Morgan fingerprint density at radius 3 is 1.01 bits per heavy atom. The minimum Gasteiger partial charge on any atom is -0.478 e. The predicted molar refractivity (Wildman–Crippen MR) is 540 cm³/mol. The van der Waals surface area contributed by atoms with E-state index < -0.39 is 23.6 Å². The van der Waals surface area contributed by atoms with Crippen molar-refractivity contribution in [2.45, 2.75) is 71.4 Å². The molecular formula is C99H81Cl5F6N30O4. The van der Waals surface area contributed by atoms with E-state index in [2.05, 4.69) is 126 Å². The molecule has 45 heteroatoms. The number of H-pyrrole nitrogens is 5. The molecule has 728 valence electrons. The van der Waals surface area contributed by atoms with Gasteiger partial charge in [-0.15, -0.1) is 0 Å². The molecule has 5 atom stereocenters. The summed E-state index contributed by atoms with van der Waals surface area (Å²) in [5.74, 6) is -1.67. The molecule has 0 unspecified atom stereocenters. The highest BCUT2D eigenvalue weighted by Crippen LogP contribution is 2.37. The molecule has 0 bridgehead atoms. The van der Waals surface area contributed by atoms with Crippen LogP contribution in [0, 0.1) is 34.9 Å². The fraction of sp³-hybridized carbons (Fsp3) is 0.131. The number of amides is 2. The molecule has 0 spiro atoms. The Kier molecular flexibility index (Phi) is 30.9. The lowest BCUT2D eigenvalue weighted by molar-refractivity contribution is 0.0696. The number of benzene rings is 5. The molecule has 0 radical (unpaired) electrons. The van der Waals surface area contributed by atoms with Crippen LogP contribution in [0.5, 0.6) is 0 Å². The second-order valence-electron chi connectivity index (χ2n) is 32.6. The Labute approximate surface area is 838 Å². The monoisotopic (exact) mass is 2040 g/mol. The number of pyridine rings is 3. The quantitative estimate of drug-likeness (QED) is 0.0236. The van der Waals surface area contributed by atoms with Crippen LogP contribution in [-0.2, 0) is 6.54 Å². The normalized spacial score (nSPS) is 12.2. The van der Waals surface area contributed by atoms with Crippen molar-refractivity contribution >= 4 is 161 Å². The summed E-state index contributed by atoms with van der Waals surface area (Å²) in [6.45, 7) is 10.2. The van der Waals surface area contributed by atoms with Crippen molar-refractivity contribution in [2.75, 3.05) is 40.7 Å². The van der Waals surface area contributed by atoms with Gasteiger partial charge in [-0.3, -0.25) is 9.59 Å². The summed E-state index contributed by atoms with van der Waals surface area (Å²) < 4.78 is 80.3. The van der Waals surface area contributed by atoms with E-state index in [1.165, 1.54) is 110 Å². The van der Waals surface area contributed by atoms with Crippen LogP contribution in [0.4, 0.5) is 55.4 Å². The molecule has 0 saturated carbocycles. The predicted octanol–water partition coefficient (Wildman–Crippen LogP) is 21.8. The van der Waals surface area contributed by atoms with E-state index >= 15 is 0 Å². The first-order valence-corrected chi connectivity index (χ1v) is 45.6. The number of nitrogens with zero attached hydrogens (tertiary/aromatic N) is 18. The third-order valence-electron chi connectivity index (χ3n) is 22.1. The van der Waals surface area contributed by atoms with Crippen molar-refractivity contribution in [2.24, 2.45) is 11.5 Å². The van der Waals surface area contributed by atoms with Crippen LogP contribution < -0.4 is 38.1 Å². The molecule has 15 heterocycles. The van der Waals surface area contributed by atoms with E-state index in [1.807, 2.05) is 59.7 Å². The summed E-state index contributed by atoms with van der Waals surface area (Å²) in [7, 11) is 3.96. The third-order valence-corrected chi connectivity index (χ3v) is 23.0. The number of carbonyl (C=O) groups excluding carboxylic acids is 2.